The van der Waals surface area contributed by atoms with E-state index in [1.165, 1.54) is 37.8 Å². The average Bonchev–Trinajstić information content (AvgIpc) is 2.90. The summed E-state index contributed by atoms with van der Waals surface area (Å²) in [5.41, 5.74) is 2.73. The molecule has 0 radical (unpaired) electrons. The zero-order chi connectivity index (χ0) is 27.1. The predicted octanol–water partition coefficient (Wildman–Crippen LogP) is 5.28. The molecule has 0 unspecified atom stereocenters. The van der Waals surface area contributed by atoms with Crippen molar-refractivity contribution in [3.05, 3.63) is 84.4 Å². The van der Waals surface area contributed by atoms with Gasteiger partial charge in [-0.05, 0) is 67.9 Å². The molecule has 0 bridgehead atoms. The number of anilines is 1. The van der Waals surface area contributed by atoms with E-state index in [1.54, 1.807) is 12.1 Å². The lowest BCUT2D eigenvalue weighted by molar-refractivity contribution is -0.116. The molecule has 1 amide bonds. The Kier molecular flexibility index (Phi) is 12.4. The first kappa shape index (κ1) is 29.4. The largest absolute Gasteiger partial charge is 0.326 e. The minimum absolute atomic E-state index is 0.0294. The van der Waals surface area contributed by atoms with Gasteiger partial charge in [-0.3, -0.25) is 19.7 Å². The summed E-state index contributed by atoms with van der Waals surface area (Å²) in [7, 11) is -3.73. The van der Waals surface area contributed by atoms with E-state index in [4.69, 9.17) is 5.14 Å². The van der Waals surface area contributed by atoms with E-state index in [9.17, 15) is 13.2 Å². The van der Waals surface area contributed by atoms with Crippen molar-refractivity contribution in [1.29, 1.82) is 0 Å². The lowest BCUT2D eigenvalue weighted by Gasteiger charge is -2.21. The van der Waals surface area contributed by atoms with Gasteiger partial charge in [-0.15, -0.1) is 0 Å². The molecule has 8 nitrogen and oxygen atoms in total. The van der Waals surface area contributed by atoms with Crippen molar-refractivity contribution < 1.29 is 13.2 Å². The van der Waals surface area contributed by atoms with Crippen molar-refractivity contribution in [3.63, 3.8) is 0 Å². The first-order valence-electron chi connectivity index (χ1n) is 13.3. The second-order valence-corrected chi connectivity index (χ2v) is 11.1. The van der Waals surface area contributed by atoms with E-state index in [0.29, 0.717) is 12.1 Å². The summed E-state index contributed by atoms with van der Waals surface area (Å²) in [6.45, 7) is 2.67. The predicted molar refractivity (Wildman–Crippen MR) is 151 cm³/mol. The number of unbranched alkanes of at least 4 members (excludes halogenated alkanes) is 7. The minimum Gasteiger partial charge on any atom is -0.326 e. The number of aromatic nitrogens is 2. The van der Waals surface area contributed by atoms with Gasteiger partial charge in [0.2, 0.25) is 15.9 Å². The Morgan fingerprint density at radius 3 is 1.76 bits per heavy atom. The van der Waals surface area contributed by atoms with Gasteiger partial charge < -0.3 is 5.32 Å². The Bertz CT molecular complexity index is 1150. The van der Waals surface area contributed by atoms with Crippen molar-refractivity contribution >= 4 is 21.6 Å². The number of hydrogen-bond donors (Lipinski definition) is 2. The molecule has 2 aromatic heterocycles. The van der Waals surface area contributed by atoms with E-state index < -0.39 is 10.0 Å². The number of primary sulfonamides is 1. The van der Waals surface area contributed by atoms with Crippen LogP contribution in [0.4, 0.5) is 5.69 Å². The summed E-state index contributed by atoms with van der Waals surface area (Å²) in [4.78, 5) is 23.5. The fourth-order valence-corrected chi connectivity index (χ4v) is 4.80. The lowest BCUT2D eigenvalue weighted by Crippen LogP contribution is -2.25. The first-order valence-corrected chi connectivity index (χ1v) is 14.9. The van der Waals surface area contributed by atoms with Crippen molar-refractivity contribution in [1.82, 2.24) is 14.9 Å². The van der Waals surface area contributed by atoms with Crippen LogP contribution in [0, 0.1) is 0 Å². The number of nitrogens with one attached hydrogen (secondary N) is 1. The smallest absolute Gasteiger partial charge is 0.238 e. The number of rotatable bonds is 17. The summed E-state index contributed by atoms with van der Waals surface area (Å²) in [6.07, 6.45) is 13.1. The lowest BCUT2D eigenvalue weighted by atomic mass is 10.1. The highest BCUT2D eigenvalue weighted by molar-refractivity contribution is 7.89. The third-order valence-electron chi connectivity index (χ3n) is 6.32. The van der Waals surface area contributed by atoms with Gasteiger partial charge in [0.15, 0.2) is 0 Å². The number of carbonyl (C=O) groups is 1. The van der Waals surface area contributed by atoms with Crippen molar-refractivity contribution in [2.24, 2.45) is 5.14 Å². The highest BCUT2D eigenvalue weighted by atomic mass is 32.2. The Morgan fingerprint density at radius 2 is 1.26 bits per heavy atom. The van der Waals surface area contributed by atoms with Crippen molar-refractivity contribution in [2.75, 3.05) is 11.9 Å². The highest BCUT2D eigenvalue weighted by Gasteiger charge is 2.10. The van der Waals surface area contributed by atoms with Crippen LogP contribution in [-0.4, -0.2) is 35.7 Å². The maximum atomic E-state index is 12.1. The molecule has 0 aliphatic rings. The van der Waals surface area contributed by atoms with E-state index >= 15 is 0 Å². The van der Waals surface area contributed by atoms with Crippen LogP contribution in [0.5, 0.6) is 0 Å². The van der Waals surface area contributed by atoms with Gasteiger partial charge in [-0.25, -0.2) is 13.6 Å². The van der Waals surface area contributed by atoms with E-state index in [-0.39, 0.29) is 10.8 Å². The Morgan fingerprint density at radius 1 is 0.737 bits per heavy atom. The van der Waals surface area contributed by atoms with Gasteiger partial charge in [0.25, 0.3) is 0 Å². The Hall–Kier alpha value is -3.14. The molecule has 204 valence electrons. The number of sulfonamides is 1. The van der Waals surface area contributed by atoms with Crippen LogP contribution in [0.2, 0.25) is 0 Å². The van der Waals surface area contributed by atoms with Crippen LogP contribution in [0.3, 0.4) is 0 Å². The SMILES string of the molecule is NS(=O)(=O)c1ccc(NC(=O)CCCCCCCCCCN(Cc2ccccn2)Cc2ccccn2)cc1. The summed E-state index contributed by atoms with van der Waals surface area (Å²) in [5.74, 6) is -0.0608. The van der Waals surface area contributed by atoms with Crippen LogP contribution >= 0.6 is 0 Å². The van der Waals surface area contributed by atoms with Crippen molar-refractivity contribution in [2.45, 2.75) is 75.8 Å². The molecule has 0 fully saturated rings. The summed E-state index contributed by atoms with van der Waals surface area (Å²) in [6, 6.07) is 18.0. The zero-order valence-corrected chi connectivity index (χ0v) is 22.8. The molecule has 1 aromatic carbocycles. The second-order valence-electron chi connectivity index (χ2n) is 9.55. The van der Waals surface area contributed by atoms with Crippen LogP contribution in [-0.2, 0) is 27.9 Å². The molecule has 2 heterocycles. The van der Waals surface area contributed by atoms with Gasteiger partial charge in [0.1, 0.15) is 0 Å². The fraction of sp³-hybridized carbons (Fsp3) is 0.414. The molecule has 0 aliphatic carbocycles. The van der Waals surface area contributed by atoms with E-state index in [1.807, 2.05) is 36.7 Å². The fourth-order valence-electron chi connectivity index (χ4n) is 4.29. The quantitative estimate of drug-likeness (QED) is 0.226. The topological polar surface area (TPSA) is 118 Å². The van der Waals surface area contributed by atoms with Gasteiger partial charge >= 0.3 is 0 Å². The normalized spacial score (nSPS) is 11.5. The van der Waals surface area contributed by atoms with Gasteiger partial charge in [-0.2, -0.15) is 0 Å². The molecule has 38 heavy (non-hydrogen) atoms. The monoisotopic (exact) mass is 537 g/mol. The maximum absolute atomic E-state index is 12.1. The number of hydrogen-bond acceptors (Lipinski definition) is 6. The van der Waals surface area contributed by atoms with Crippen LogP contribution in [0.25, 0.3) is 0 Å². The first-order chi connectivity index (χ1) is 18.4. The molecular weight excluding hydrogens is 498 g/mol. The third-order valence-corrected chi connectivity index (χ3v) is 7.25. The molecular formula is C29H39N5O3S. The second kappa shape index (κ2) is 16.0. The molecule has 0 saturated carbocycles. The highest BCUT2D eigenvalue weighted by Crippen LogP contribution is 2.15. The van der Waals surface area contributed by atoms with Crippen molar-refractivity contribution in [3.8, 4) is 0 Å². The molecule has 0 aliphatic heterocycles. The van der Waals surface area contributed by atoms with Crippen LogP contribution in [0.15, 0.2) is 78.0 Å². The average molecular weight is 538 g/mol. The molecule has 3 aromatic rings. The number of nitrogens with zero attached hydrogens (tertiary/aromatic N) is 3. The zero-order valence-electron chi connectivity index (χ0n) is 22.0. The number of benzene rings is 1. The summed E-state index contributed by atoms with van der Waals surface area (Å²) in [5, 5.41) is 7.89. The number of pyridine rings is 2. The third kappa shape index (κ3) is 11.5. The Balaban J connectivity index is 1.24. The maximum Gasteiger partial charge on any atom is 0.238 e. The minimum atomic E-state index is -3.73. The summed E-state index contributed by atoms with van der Waals surface area (Å²) >= 11 is 0. The van der Waals surface area contributed by atoms with Gasteiger partial charge in [0, 0.05) is 37.6 Å². The molecule has 9 heteroatoms. The van der Waals surface area contributed by atoms with E-state index in [2.05, 4.69) is 32.3 Å². The van der Waals surface area contributed by atoms with Gasteiger partial charge in [0.05, 0.1) is 16.3 Å². The van der Waals surface area contributed by atoms with Gasteiger partial charge in [-0.1, -0.05) is 50.7 Å². The molecule has 3 N–H and O–H groups in total. The molecule has 0 spiro atoms. The molecule has 3 rings (SSSR count). The van der Waals surface area contributed by atoms with Crippen LogP contribution in [0.1, 0.15) is 69.2 Å². The molecule has 0 atom stereocenters. The summed E-state index contributed by atoms with van der Waals surface area (Å²) < 4.78 is 22.6. The molecule has 0 saturated heterocycles. The number of carbonyl (C=O) groups excluding carboxylic acids is 1. The Labute approximate surface area is 226 Å². The van der Waals surface area contributed by atoms with E-state index in [0.717, 1.165) is 56.7 Å². The van der Waals surface area contributed by atoms with Crippen LogP contribution < -0.4 is 10.5 Å². The number of amides is 1. The number of nitrogens with two attached hydrogens (primary N) is 1. The standard InChI is InChI=1S/C29H39N5O3S/c30-38(36,37)28-18-16-25(17-19-28)33-29(35)15-7-5-3-1-2-4-6-12-22-34(23-26-13-8-10-20-31-26)24-27-14-9-11-21-32-27/h8-11,13-14,16-21H,1-7,12,15,22-24H2,(H,33,35)(H2,30,36,37).